The van der Waals surface area contributed by atoms with E-state index in [4.69, 9.17) is 41.0 Å². The molecule has 0 radical (unpaired) electrons. The normalized spacial score (nSPS) is 13.8. The Balaban J connectivity index is -0.000000623. The standard InChI is InChI=1S/C30H43FN4O8.C9H13NO.C7H10O.C6H8.C4H6ClN.C2H4/c1-3-27(31)8-6-5-7-25(23-32)30(38)35-12-9-26(24-35)29(37)34-11-14-40-16-18-42-20-22-43-21-19-41-17-15-39-13-10-33-28(36)4-2;1-3-9-6-4-5-7-10(9)8(2)11;1-3-4-5-6-7-8-2;1-4-6(3)5-2;5-3-1-2-4-6;1-2/h3-8,26H,1-2,9-22,24H2,(H,33,36)(H,34,37);3,6H,1,4-5,7H2,2H3;3-7H,1H2,2H3;4-5H,1-3H2;1-4H,6H2;1-2H2/b6-5+,25-7+,27-8+;;5-4-,7-6+;;3-1+,4-2+;. The highest BCUT2D eigenvalue weighted by atomic mass is 35.5. The van der Waals surface area contributed by atoms with E-state index in [9.17, 15) is 28.8 Å². The van der Waals surface area contributed by atoms with Crippen LogP contribution in [0.2, 0.25) is 0 Å². The molecule has 0 aromatic heterocycles. The Labute approximate surface area is 458 Å². The highest BCUT2D eigenvalue weighted by Gasteiger charge is 2.32. The summed E-state index contributed by atoms with van der Waals surface area (Å²) >= 11 is 5.09. The van der Waals surface area contributed by atoms with Crippen LogP contribution < -0.4 is 16.4 Å². The number of likely N-dealkylation sites (tertiary alicyclic amines) is 1. The van der Waals surface area contributed by atoms with Gasteiger partial charge in [-0.1, -0.05) is 106 Å². The number of nitrogens with zero attached hydrogens (tertiary/aromatic N) is 3. The van der Waals surface area contributed by atoms with Gasteiger partial charge in [-0.05, 0) is 79.6 Å². The van der Waals surface area contributed by atoms with Crippen molar-refractivity contribution in [2.45, 2.75) is 26.2 Å². The van der Waals surface area contributed by atoms with Gasteiger partial charge < -0.3 is 54.6 Å². The number of methoxy groups -OCH3 is 1. The Kier molecular flexibility index (Phi) is 58.2. The first kappa shape index (κ1) is 75.3. The summed E-state index contributed by atoms with van der Waals surface area (Å²) in [7, 11) is 1.61. The summed E-state index contributed by atoms with van der Waals surface area (Å²) in [6.45, 7) is 38.1. The van der Waals surface area contributed by atoms with Crippen LogP contribution in [0.4, 0.5) is 4.39 Å². The molecule has 2 heterocycles. The van der Waals surface area contributed by atoms with Crippen LogP contribution >= 0.6 is 11.6 Å². The van der Waals surface area contributed by atoms with Gasteiger partial charge in [0, 0.05) is 50.9 Å². The van der Waals surface area contributed by atoms with E-state index >= 15 is 0 Å². The van der Waals surface area contributed by atoms with Crippen LogP contribution in [-0.4, -0.2) is 139 Å². The van der Waals surface area contributed by atoms with E-state index in [0.29, 0.717) is 92.1 Å². The molecule has 4 amide bonds. The van der Waals surface area contributed by atoms with E-state index in [0.717, 1.165) is 42.8 Å². The monoisotopic (exact) mass is 1080 g/mol. The number of carbonyl (C=O) groups excluding carboxylic acids is 4. The third kappa shape index (κ3) is 47.8. The number of halogens is 2. The number of ether oxygens (including phenoxy) is 6. The Morgan fingerprint density at radius 3 is 1.75 bits per heavy atom. The van der Waals surface area contributed by atoms with Crippen molar-refractivity contribution >= 4 is 35.2 Å². The quantitative estimate of drug-likeness (QED) is 0.0149. The second-order valence-electron chi connectivity index (χ2n) is 14.4. The van der Waals surface area contributed by atoms with Gasteiger partial charge in [-0.2, -0.15) is 5.26 Å². The van der Waals surface area contributed by atoms with Gasteiger partial charge >= 0.3 is 0 Å². The molecule has 0 aromatic rings. The molecule has 1 unspecified atom stereocenters. The lowest BCUT2D eigenvalue weighted by Gasteiger charge is -2.25. The number of nitrogens with one attached hydrogen (secondary N) is 2. The van der Waals surface area contributed by atoms with Gasteiger partial charge in [0.05, 0.1) is 85.4 Å². The molecule has 0 aliphatic carbocycles. The van der Waals surface area contributed by atoms with Crippen molar-refractivity contribution in [3.8, 4) is 6.07 Å². The predicted octanol–water partition coefficient (Wildman–Crippen LogP) is 8.90. The van der Waals surface area contributed by atoms with Crippen molar-refractivity contribution in [2.24, 2.45) is 11.7 Å². The first-order valence-electron chi connectivity index (χ1n) is 24.1. The molecule has 2 rings (SSSR count). The Hall–Kier alpha value is -7.17. The largest absolute Gasteiger partial charge is 0.504 e. The van der Waals surface area contributed by atoms with Gasteiger partial charge in [0.2, 0.25) is 17.7 Å². The van der Waals surface area contributed by atoms with E-state index in [1.54, 1.807) is 67.7 Å². The van der Waals surface area contributed by atoms with Gasteiger partial charge in [-0.25, -0.2) is 4.39 Å². The first-order valence-corrected chi connectivity index (χ1v) is 24.5. The summed E-state index contributed by atoms with van der Waals surface area (Å²) in [5.41, 5.74) is 8.05. The molecule has 16 nitrogen and oxygen atoms in total. The van der Waals surface area contributed by atoms with E-state index in [-0.39, 0.29) is 35.8 Å². The topological polar surface area (TPSA) is 204 Å². The zero-order valence-corrected chi connectivity index (χ0v) is 45.7. The fraction of sp³-hybridized carbons (Fsp3) is 0.362. The van der Waals surface area contributed by atoms with Crippen molar-refractivity contribution < 1.29 is 52.0 Å². The summed E-state index contributed by atoms with van der Waals surface area (Å²) < 4.78 is 44.6. The molecule has 1 fully saturated rings. The van der Waals surface area contributed by atoms with E-state index < -0.39 is 11.7 Å². The molecule has 4 N–H and O–H groups in total. The summed E-state index contributed by atoms with van der Waals surface area (Å²) in [6, 6.07) is 1.85. The zero-order valence-electron chi connectivity index (χ0n) is 44.9. The summed E-state index contributed by atoms with van der Waals surface area (Å²) in [6.07, 6.45) is 30.7. The second kappa shape index (κ2) is 58.7. The number of nitrogens with two attached hydrogens (primary N) is 1. The van der Waals surface area contributed by atoms with Crippen molar-refractivity contribution in [2.75, 3.05) is 106 Å². The molecular weight excluding hydrogens is 995 g/mol. The number of allylic oxidation sites excluding steroid dienone is 17. The molecule has 0 aromatic carbocycles. The lowest BCUT2D eigenvalue weighted by atomic mass is 10.1. The van der Waals surface area contributed by atoms with Crippen molar-refractivity contribution in [3.63, 3.8) is 0 Å². The molecule has 420 valence electrons. The number of nitriles is 1. The molecule has 18 heteroatoms. The first-order chi connectivity index (χ1) is 36.8. The van der Waals surface area contributed by atoms with Gasteiger partial charge in [0.15, 0.2) is 0 Å². The minimum atomic E-state index is -0.535. The minimum Gasteiger partial charge on any atom is -0.504 e. The van der Waals surface area contributed by atoms with Crippen molar-refractivity contribution in [3.05, 3.63) is 197 Å². The van der Waals surface area contributed by atoms with Crippen molar-refractivity contribution in [1.29, 1.82) is 5.26 Å². The molecule has 0 bridgehead atoms. The van der Waals surface area contributed by atoms with Crippen molar-refractivity contribution in [1.82, 2.24) is 20.4 Å². The second-order valence-corrected chi connectivity index (χ2v) is 14.7. The Morgan fingerprint density at radius 2 is 1.33 bits per heavy atom. The summed E-state index contributed by atoms with van der Waals surface area (Å²) in [5.74, 6) is -1.67. The average molecular weight is 1080 g/mol. The van der Waals surface area contributed by atoms with Crippen LogP contribution in [0.3, 0.4) is 0 Å². The van der Waals surface area contributed by atoms with Crippen LogP contribution in [0, 0.1) is 17.2 Å². The smallest absolute Gasteiger partial charge is 0.264 e. The SMILES string of the molecule is C=C.C=C/C=C\C=C\OC.C=CC(=C)C=C.C=CC(=O)NCCOCCOCCOCCOCCOCCNC(=O)C1CCN(C(=O)/C(C#N)=C/C=C/C=C(/F)C=C)C1.C=CC1=CCCCN1C(C)=O.N/C=C/C=C/Cl. The summed E-state index contributed by atoms with van der Waals surface area (Å²) in [5, 5.41) is 14.7. The fourth-order valence-corrected chi connectivity index (χ4v) is 5.36. The average Bonchev–Trinajstić information content (AvgIpc) is 3.96. The van der Waals surface area contributed by atoms with Gasteiger partial charge in [0.1, 0.15) is 17.5 Å². The lowest BCUT2D eigenvalue weighted by Crippen LogP contribution is -2.36. The maximum absolute atomic E-state index is 13.0. The third-order valence-corrected chi connectivity index (χ3v) is 9.16. The highest BCUT2D eigenvalue weighted by Crippen LogP contribution is 2.19. The van der Waals surface area contributed by atoms with Crippen LogP contribution in [0.15, 0.2) is 197 Å². The number of carbonyl (C=O) groups is 4. The van der Waals surface area contributed by atoms with Gasteiger partial charge in [-0.3, -0.25) is 19.2 Å². The van der Waals surface area contributed by atoms with E-state index in [1.165, 1.54) is 40.9 Å². The number of amides is 4. The Bertz CT molecular complexity index is 1970. The fourth-order valence-electron chi connectivity index (χ4n) is 5.27. The van der Waals surface area contributed by atoms with Crippen LogP contribution in [-0.2, 0) is 47.6 Å². The van der Waals surface area contributed by atoms with Crippen LogP contribution in [0.5, 0.6) is 0 Å². The molecule has 76 heavy (non-hydrogen) atoms. The van der Waals surface area contributed by atoms with E-state index in [2.05, 4.69) is 80.7 Å². The summed E-state index contributed by atoms with van der Waals surface area (Å²) in [4.78, 5) is 50.2. The zero-order chi connectivity index (χ0) is 57.9. The molecule has 0 spiro atoms. The minimum absolute atomic E-state index is 0.0940. The molecular formula is C58H84ClFN6O10. The Morgan fingerprint density at radius 1 is 0.776 bits per heavy atom. The lowest BCUT2D eigenvalue weighted by molar-refractivity contribution is -0.128. The molecule has 2 aliphatic heterocycles. The van der Waals surface area contributed by atoms with E-state index in [1.807, 2.05) is 18.2 Å². The number of hydrogen-bond donors (Lipinski definition) is 3. The molecule has 1 saturated heterocycles. The highest BCUT2D eigenvalue weighted by molar-refractivity contribution is 6.25. The third-order valence-electron chi connectivity index (χ3n) is 9.02. The predicted molar refractivity (Wildman–Crippen MR) is 307 cm³/mol. The number of hydrogen-bond acceptors (Lipinski definition) is 12. The van der Waals surface area contributed by atoms with Crippen LogP contribution in [0.25, 0.3) is 0 Å². The number of rotatable bonds is 31. The molecule has 1 atom stereocenters. The van der Waals surface area contributed by atoms with Gasteiger partial charge in [0.25, 0.3) is 5.91 Å². The molecule has 2 aliphatic rings. The maximum Gasteiger partial charge on any atom is 0.264 e. The maximum atomic E-state index is 13.0. The van der Waals surface area contributed by atoms with Gasteiger partial charge in [-0.15, -0.1) is 13.2 Å². The molecule has 0 saturated carbocycles. The van der Waals surface area contributed by atoms with Crippen LogP contribution in [0.1, 0.15) is 26.2 Å².